The van der Waals surface area contributed by atoms with E-state index in [0.29, 0.717) is 5.69 Å². The van der Waals surface area contributed by atoms with E-state index in [1.165, 1.54) is 12.1 Å². The van der Waals surface area contributed by atoms with Crippen LogP contribution in [0, 0.1) is 11.6 Å². The first-order chi connectivity index (χ1) is 10.1. The van der Waals surface area contributed by atoms with Gasteiger partial charge in [-0.2, -0.15) is 0 Å². The Bertz CT molecular complexity index is 593. The summed E-state index contributed by atoms with van der Waals surface area (Å²) in [5, 5.41) is 3.26. The Balaban J connectivity index is 2.29. The lowest BCUT2D eigenvalue weighted by atomic mass is 10.0. The molecule has 0 fully saturated rings. The van der Waals surface area contributed by atoms with Crippen LogP contribution in [0.3, 0.4) is 0 Å². The van der Waals surface area contributed by atoms with Crippen molar-refractivity contribution in [1.29, 1.82) is 0 Å². The molecule has 0 radical (unpaired) electrons. The minimum Gasteiger partial charge on any atom is -0.308 e. The fourth-order valence-corrected chi connectivity index (χ4v) is 2.42. The Morgan fingerprint density at radius 1 is 1.29 bits per heavy atom. The lowest BCUT2D eigenvalue weighted by molar-refractivity contribution is 0.480. The van der Waals surface area contributed by atoms with Gasteiger partial charge in [0.2, 0.25) is 0 Å². The summed E-state index contributed by atoms with van der Waals surface area (Å²) in [5.74, 6) is -1.12. The van der Waals surface area contributed by atoms with E-state index in [2.05, 4.69) is 31.2 Å². The minimum atomic E-state index is -0.567. The van der Waals surface area contributed by atoms with Crippen LogP contribution in [-0.2, 0) is 6.42 Å². The zero-order valence-corrected chi connectivity index (χ0v) is 13.2. The maximum atomic E-state index is 14.1. The van der Waals surface area contributed by atoms with E-state index >= 15 is 0 Å². The Labute approximate surface area is 131 Å². The molecule has 6 heteroatoms. The summed E-state index contributed by atoms with van der Waals surface area (Å²) in [6.07, 6.45) is 5.85. The highest BCUT2D eigenvalue weighted by Gasteiger charge is 2.19. The quantitative estimate of drug-likeness (QED) is 0.800. The van der Waals surface area contributed by atoms with Crippen molar-refractivity contribution in [3.05, 3.63) is 58.1 Å². The number of rotatable bonds is 6. The molecule has 0 spiro atoms. The fraction of sp³-hybridized carbons (Fsp3) is 0.333. The van der Waals surface area contributed by atoms with Crippen LogP contribution in [0.4, 0.5) is 8.78 Å². The molecule has 2 rings (SSSR count). The maximum Gasteiger partial charge on any atom is 0.143 e. The van der Waals surface area contributed by atoms with E-state index in [1.54, 1.807) is 18.6 Å². The lowest BCUT2D eigenvalue weighted by Crippen LogP contribution is -2.26. The normalized spacial score (nSPS) is 12.4. The molecule has 0 bridgehead atoms. The molecule has 0 aliphatic carbocycles. The molecule has 0 amide bonds. The summed E-state index contributed by atoms with van der Waals surface area (Å²) >= 11 is 3.09. The van der Waals surface area contributed by atoms with Crippen LogP contribution >= 0.6 is 15.9 Å². The molecular formula is C15H16BrF2N3. The molecule has 1 aromatic carbocycles. The van der Waals surface area contributed by atoms with Crippen LogP contribution in [0.1, 0.15) is 30.6 Å². The van der Waals surface area contributed by atoms with Crippen LogP contribution in [0.25, 0.3) is 0 Å². The van der Waals surface area contributed by atoms with Crippen LogP contribution < -0.4 is 5.32 Å². The van der Waals surface area contributed by atoms with Gasteiger partial charge in [0.25, 0.3) is 0 Å². The number of benzene rings is 1. The standard InChI is InChI=1S/C15H16BrF2N3/c1-2-5-20-13(14-9-19-6-7-21-14)8-10-12(17)4-3-11(16)15(10)18/h3-4,6-7,9,13,20H,2,5,8H2,1H3. The van der Waals surface area contributed by atoms with E-state index in [9.17, 15) is 8.78 Å². The van der Waals surface area contributed by atoms with Crippen LogP contribution in [0.15, 0.2) is 35.2 Å². The van der Waals surface area contributed by atoms with Crippen molar-refractivity contribution in [2.24, 2.45) is 0 Å². The average molecular weight is 356 g/mol. The maximum absolute atomic E-state index is 14.1. The van der Waals surface area contributed by atoms with E-state index in [0.717, 1.165) is 13.0 Å². The van der Waals surface area contributed by atoms with Gasteiger partial charge in [-0.3, -0.25) is 9.97 Å². The molecule has 3 nitrogen and oxygen atoms in total. The predicted molar refractivity (Wildman–Crippen MR) is 80.8 cm³/mol. The van der Waals surface area contributed by atoms with Crippen molar-refractivity contribution in [2.45, 2.75) is 25.8 Å². The van der Waals surface area contributed by atoms with Gasteiger partial charge in [0.05, 0.1) is 16.2 Å². The second-order valence-corrected chi connectivity index (χ2v) is 5.52. The molecule has 2 aromatic rings. The third-order valence-corrected chi connectivity index (χ3v) is 3.74. The fourth-order valence-electron chi connectivity index (χ4n) is 2.05. The molecule has 1 N–H and O–H groups in total. The van der Waals surface area contributed by atoms with E-state index < -0.39 is 11.6 Å². The number of aromatic nitrogens is 2. The number of hydrogen-bond acceptors (Lipinski definition) is 3. The monoisotopic (exact) mass is 355 g/mol. The Morgan fingerprint density at radius 3 is 2.76 bits per heavy atom. The summed E-state index contributed by atoms with van der Waals surface area (Å²) in [6, 6.07) is 2.35. The number of hydrogen-bond donors (Lipinski definition) is 1. The number of nitrogens with one attached hydrogen (secondary N) is 1. The van der Waals surface area contributed by atoms with Gasteiger partial charge in [0.1, 0.15) is 11.6 Å². The largest absolute Gasteiger partial charge is 0.308 e. The van der Waals surface area contributed by atoms with Crippen molar-refractivity contribution >= 4 is 15.9 Å². The molecule has 1 atom stereocenters. The zero-order chi connectivity index (χ0) is 15.2. The van der Waals surface area contributed by atoms with Gasteiger partial charge in [0.15, 0.2) is 0 Å². The van der Waals surface area contributed by atoms with Crippen molar-refractivity contribution in [2.75, 3.05) is 6.54 Å². The first-order valence-electron chi connectivity index (χ1n) is 6.75. The highest BCUT2D eigenvalue weighted by molar-refractivity contribution is 9.10. The van der Waals surface area contributed by atoms with Gasteiger partial charge in [-0.05, 0) is 47.4 Å². The summed E-state index contributed by atoms with van der Waals surface area (Å²) in [7, 11) is 0. The Morgan fingerprint density at radius 2 is 2.10 bits per heavy atom. The molecule has 21 heavy (non-hydrogen) atoms. The number of halogens is 3. The molecule has 112 valence electrons. The molecule has 0 aliphatic rings. The minimum absolute atomic E-state index is 0.0450. The smallest absolute Gasteiger partial charge is 0.143 e. The first kappa shape index (κ1) is 16.0. The summed E-state index contributed by atoms with van der Waals surface area (Å²) < 4.78 is 28.3. The van der Waals surface area contributed by atoms with Gasteiger partial charge < -0.3 is 5.32 Å². The predicted octanol–water partition coefficient (Wildman–Crippen LogP) is 3.80. The molecule has 0 saturated heterocycles. The second-order valence-electron chi connectivity index (χ2n) is 4.66. The summed E-state index contributed by atoms with van der Waals surface area (Å²) in [6.45, 7) is 2.76. The van der Waals surface area contributed by atoms with Crippen LogP contribution in [0.2, 0.25) is 0 Å². The SMILES string of the molecule is CCCNC(Cc1c(F)ccc(Br)c1F)c1cnccn1. The average Bonchev–Trinajstić information content (AvgIpc) is 2.51. The Kier molecular flexibility index (Phi) is 5.76. The van der Waals surface area contributed by atoms with Crippen molar-refractivity contribution in [3.8, 4) is 0 Å². The second kappa shape index (κ2) is 7.56. The third kappa shape index (κ3) is 4.04. The van der Waals surface area contributed by atoms with Gasteiger partial charge in [-0.25, -0.2) is 8.78 Å². The molecular weight excluding hydrogens is 340 g/mol. The van der Waals surface area contributed by atoms with Crippen molar-refractivity contribution in [3.63, 3.8) is 0 Å². The molecule has 0 aliphatic heterocycles. The van der Waals surface area contributed by atoms with E-state index in [4.69, 9.17) is 0 Å². The van der Waals surface area contributed by atoms with Gasteiger partial charge in [0, 0.05) is 24.2 Å². The van der Waals surface area contributed by atoms with Crippen molar-refractivity contribution < 1.29 is 8.78 Å². The zero-order valence-electron chi connectivity index (χ0n) is 11.6. The lowest BCUT2D eigenvalue weighted by Gasteiger charge is -2.18. The third-order valence-electron chi connectivity index (χ3n) is 3.13. The summed E-state index contributed by atoms with van der Waals surface area (Å²) in [4.78, 5) is 8.25. The van der Waals surface area contributed by atoms with Crippen molar-refractivity contribution in [1.82, 2.24) is 15.3 Å². The molecule has 0 saturated carbocycles. The first-order valence-corrected chi connectivity index (χ1v) is 7.54. The number of nitrogens with zero attached hydrogens (tertiary/aromatic N) is 2. The van der Waals surface area contributed by atoms with Gasteiger partial charge in [-0.1, -0.05) is 6.92 Å². The Hall–Kier alpha value is -1.40. The van der Waals surface area contributed by atoms with Gasteiger partial charge in [-0.15, -0.1) is 0 Å². The topological polar surface area (TPSA) is 37.8 Å². The highest BCUT2D eigenvalue weighted by atomic mass is 79.9. The molecule has 1 heterocycles. The molecule has 1 unspecified atom stereocenters. The van der Waals surface area contributed by atoms with E-state index in [1.807, 2.05) is 6.92 Å². The van der Waals surface area contributed by atoms with E-state index in [-0.39, 0.29) is 22.5 Å². The summed E-state index contributed by atoms with van der Waals surface area (Å²) in [5.41, 5.74) is 0.716. The van der Waals surface area contributed by atoms with Crippen LogP contribution in [-0.4, -0.2) is 16.5 Å². The van der Waals surface area contributed by atoms with Gasteiger partial charge >= 0.3 is 0 Å². The molecule has 1 aromatic heterocycles. The highest BCUT2D eigenvalue weighted by Crippen LogP contribution is 2.25. The van der Waals surface area contributed by atoms with Crippen LogP contribution in [0.5, 0.6) is 0 Å².